The van der Waals surface area contributed by atoms with Crippen LogP contribution in [-0.2, 0) is 23.1 Å². The number of hydrogen-bond acceptors (Lipinski definition) is 5. The van der Waals surface area contributed by atoms with Crippen LogP contribution in [0.2, 0.25) is 0 Å². The van der Waals surface area contributed by atoms with Crippen molar-refractivity contribution >= 4 is 5.97 Å². The molecule has 0 unspecified atom stereocenters. The van der Waals surface area contributed by atoms with Gasteiger partial charge < -0.3 is 14.4 Å². The quantitative estimate of drug-likeness (QED) is 0.821. The summed E-state index contributed by atoms with van der Waals surface area (Å²) in [6, 6.07) is 0. The number of carboxylic acid groups (broad SMARTS) is 1. The van der Waals surface area contributed by atoms with E-state index in [0.717, 1.165) is 44.1 Å². The first kappa shape index (κ1) is 14.0. The predicted octanol–water partition coefficient (Wildman–Crippen LogP) is 0.189. The van der Waals surface area contributed by atoms with Gasteiger partial charge in [-0.3, -0.25) is 4.90 Å². The van der Waals surface area contributed by atoms with Gasteiger partial charge in [-0.2, -0.15) is 0 Å². The molecule has 7 heteroatoms. The van der Waals surface area contributed by atoms with Gasteiger partial charge in [0.2, 0.25) is 0 Å². The van der Waals surface area contributed by atoms with Gasteiger partial charge in [-0.05, 0) is 19.8 Å². The van der Waals surface area contributed by atoms with Gasteiger partial charge in [0, 0.05) is 20.1 Å². The van der Waals surface area contributed by atoms with Gasteiger partial charge >= 0.3 is 5.97 Å². The number of rotatable bonds is 5. The largest absolute Gasteiger partial charge is 0.480 e. The number of likely N-dealkylation sites (tertiary alicyclic amines) is 1. The van der Waals surface area contributed by atoms with Crippen LogP contribution in [0.25, 0.3) is 0 Å². The minimum Gasteiger partial charge on any atom is -0.480 e. The SMILES string of the molecule is Cc1nnc(CN2CCC(OCC(=O)O)CC2)n1C. The molecule has 7 nitrogen and oxygen atoms in total. The van der Waals surface area contributed by atoms with Crippen LogP contribution in [0.15, 0.2) is 0 Å². The molecule has 1 aliphatic heterocycles. The van der Waals surface area contributed by atoms with Crippen molar-refractivity contribution in [1.29, 1.82) is 0 Å². The van der Waals surface area contributed by atoms with Crippen molar-refractivity contribution < 1.29 is 14.6 Å². The average molecular weight is 268 g/mol. The van der Waals surface area contributed by atoms with Gasteiger partial charge in [0.25, 0.3) is 0 Å². The van der Waals surface area contributed by atoms with Crippen LogP contribution in [-0.4, -0.2) is 56.5 Å². The molecule has 19 heavy (non-hydrogen) atoms. The fourth-order valence-electron chi connectivity index (χ4n) is 2.21. The second kappa shape index (κ2) is 6.12. The van der Waals surface area contributed by atoms with Gasteiger partial charge in [0.15, 0.2) is 0 Å². The molecular formula is C12H20N4O3. The summed E-state index contributed by atoms with van der Waals surface area (Å²) in [7, 11) is 1.97. The number of nitrogens with zero attached hydrogens (tertiary/aromatic N) is 4. The second-order valence-electron chi connectivity index (χ2n) is 4.90. The number of carbonyl (C=O) groups is 1. The van der Waals surface area contributed by atoms with Crippen LogP contribution < -0.4 is 0 Å². The first-order valence-electron chi connectivity index (χ1n) is 6.47. The third kappa shape index (κ3) is 3.74. The number of carboxylic acids is 1. The minimum absolute atomic E-state index is 0.0635. The number of hydrogen-bond donors (Lipinski definition) is 1. The molecule has 1 aromatic heterocycles. The first-order valence-corrected chi connectivity index (χ1v) is 6.47. The molecule has 0 aromatic carbocycles. The molecule has 106 valence electrons. The molecule has 1 aliphatic rings. The molecule has 1 saturated heterocycles. The Bertz CT molecular complexity index is 438. The second-order valence-corrected chi connectivity index (χ2v) is 4.90. The zero-order chi connectivity index (χ0) is 13.8. The Morgan fingerprint density at radius 1 is 1.42 bits per heavy atom. The van der Waals surface area contributed by atoms with Gasteiger partial charge in [0.05, 0.1) is 12.6 Å². The van der Waals surface area contributed by atoms with E-state index in [9.17, 15) is 4.79 Å². The molecule has 2 rings (SSSR count). The highest BCUT2D eigenvalue weighted by Gasteiger charge is 2.21. The van der Waals surface area contributed by atoms with E-state index in [1.807, 2.05) is 18.5 Å². The maximum Gasteiger partial charge on any atom is 0.329 e. The van der Waals surface area contributed by atoms with Crippen molar-refractivity contribution in [3.05, 3.63) is 11.6 Å². The van der Waals surface area contributed by atoms with E-state index in [1.165, 1.54) is 0 Å². The maximum atomic E-state index is 10.4. The van der Waals surface area contributed by atoms with E-state index in [-0.39, 0.29) is 12.7 Å². The molecule has 0 aliphatic carbocycles. The molecule has 0 amide bonds. The Hall–Kier alpha value is -1.47. The predicted molar refractivity (Wildman–Crippen MR) is 67.6 cm³/mol. The average Bonchev–Trinajstić information content (AvgIpc) is 2.70. The van der Waals surface area contributed by atoms with Gasteiger partial charge in [-0.1, -0.05) is 0 Å². The molecule has 0 saturated carbocycles. The lowest BCUT2D eigenvalue weighted by Crippen LogP contribution is -2.37. The number of aliphatic carboxylic acids is 1. The van der Waals surface area contributed by atoms with Crippen LogP contribution in [0.3, 0.4) is 0 Å². The van der Waals surface area contributed by atoms with E-state index in [4.69, 9.17) is 9.84 Å². The third-order valence-corrected chi connectivity index (χ3v) is 3.52. The fourth-order valence-corrected chi connectivity index (χ4v) is 2.21. The van der Waals surface area contributed by atoms with Crippen LogP contribution >= 0.6 is 0 Å². The van der Waals surface area contributed by atoms with Crippen molar-refractivity contribution in [1.82, 2.24) is 19.7 Å². The number of aromatic nitrogens is 3. The van der Waals surface area contributed by atoms with Crippen molar-refractivity contribution in [2.75, 3.05) is 19.7 Å². The molecule has 0 bridgehead atoms. The van der Waals surface area contributed by atoms with Gasteiger partial charge in [-0.25, -0.2) is 4.79 Å². The lowest BCUT2D eigenvalue weighted by atomic mass is 10.1. The Morgan fingerprint density at radius 2 is 2.11 bits per heavy atom. The number of aryl methyl sites for hydroxylation is 1. The minimum atomic E-state index is -0.906. The van der Waals surface area contributed by atoms with Gasteiger partial charge in [-0.15, -0.1) is 10.2 Å². The summed E-state index contributed by atoms with van der Waals surface area (Å²) in [4.78, 5) is 12.7. The van der Waals surface area contributed by atoms with E-state index >= 15 is 0 Å². The van der Waals surface area contributed by atoms with E-state index in [0.29, 0.717) is 0 Å². The van der Waals surface area contributed by atoms with E-state index in [2.05, 4.69) is 15.1 Å². The van der Waals surface area contributed by atoms with Crippen molar-refractivity contribution in [2.45, 2.75) is 32.4 Å². The Kier molecular flexibility index (Phi) is 4.49. The van der Waals surface area contributed by atoms with Crippen LogP contribution in [0.1, 0.15) is 24.5 Å². The summed E-state index contributed by atoms with van der Waals surface area (Å²) in [5, 5.41) is 16.8. The molecule has 1 N–H and O–H groups in total. The Balaban J connectivity index is 1.77. The lowest BCUT2D eigenvalue weighted by molar-refractivity contribution is -0.145. The van der Waals surface area contributed by atoms with Crippen molar-refractivity contribution in [2.24, 2.45) is 7.05 Å². The van der Waals surface area contributed by atoms with Crippen LogP contribution in [0.4, 0.5) is 0 Å². The first-order chi connectivity index (χ1) is 9.06. The monoisotopic (exact) mass is 268 g/mol. The smallest absolute Gasteiger partial charge is 0.329 e. The van der Waals surface area contributed by atoms with Gasteiger partial charge in [0.1, 0.15) is 18.3 Å². The zero-order valence-corrected chi connectivity index (χ0v) is 11.4. The Morgan fingerprint density at radius 3 is 2.63 bits per heavy atom. The van der Waals surface area contributed by atoms with E-state index < -0.39 is 5.97 Å². The van der Waals surface area contributed by atoms with Crippen molar-refractivity contribution in [3.8, 4) is 0 Å². The Labute approximate surface area is 112 Å². The molecule has 0 atom stereocenters. The summed E-state index contributed by atoms with van der Waals surface area (Å²) in [5.74, 6) is 0.967. The third-order valence-electron chi connectivity index (χ3n) is 3.52. The number of piperidine rings is 1. The number of ether oxygens (including phenoxy) is 1. The van der Waals surface area contributed by atoms with Crippen LogP contribution in [0, 0.1) is 6.92 Å². The van der Waals surface area contributed by atoms with Crippen molar-refractivity contribution in [3.63, 3.8) is 0 Å². The highest BCUT2D eigenvalue weighted by atomic mass is 16.5. The molecular weight excluding hydrogens is 248 g/mol. The topological polar surface area (TPSA) is 80.5 Å². The lowest BCUT2D eigenvalue weighted by Gasteiger charge is -2.31. The summed E-state index contributed by atoms with van der Waals surface area (Å²) < 4.78 is 7.30. The molecule has 1 fully saturated rings. The normalized spacial score (nSPS) is 17.8. The summed E-state index contributed by atoms with van der Waals surface area (Å²) >= 11 is 0. The molecule has 1 aromatic rings. The zero-order valence-electron chi connectivity index (χ0n) is 11.4. The standard InChI is InChI=1S/C12H20N4O3/c1-9-13-14-11(15(9)2)7-16-5-3-10(4-6-16)19-8-12(17)18/h10H,3-8H2,1-2H3,(H,17,18). The van der Waals surface area contributed by atoms with Crippen LogP contribution in [0.5, 0.6) is 0 Å². The molecule has 2 heterocycles. The highest BCUT2D eigenvalue weighted by molar-refractivity contribution is 5.68. The molecule has 0 spiro atoms. The fraction of sp³-hybridized carbons (Fsp3) is 0.750. The maximum absolute atomic E-state index is 10.4. The highest BCUT2D eigenvalue weighted by Crippen LogP contribution is 2.15. The molecule has 0 radical (unpaired) electrons. The summed E-state index contributed by atoms with van der Waals surface area (Å²) in [6.45, 7) is 4.31. The summed E-state index contributed by atoms with van der Waals surface area (Å²) in [5.41, 5.74) is 0. The summed E-state index contributed by atoms with van der Waals surface area (Å²) in [6.07, 6.45) is 1.79. The van der Waals surface area contributed by atoms with E-state index in [1.54, 1.807) is 0 Å².